The Morgan fingerprint density at radius 2 is 2.04 bits per heavy atom. The van der Waals surface area contributed by atoms with Crippen molar-refractivity contribution in [2.24, 2.45) is 4.99 Å². The number of halogens is 2. The summed E-state index contributed by atoms with van der Waals surface area (Å²) < 4.78 is 14.1. The first-order chi connectivity index (χ1) is 12.3. The van der Waals surface area contributed by atoms with Gasteiger partial charge in [0.15, 0.2) is 5.96 Å². The number of nitrogens with one attached hydrogen (secondary N) is 2. The molecule has 1 heterocycles. The quantitative estimate of drug-likeness (QED) is 0.306. The van der Waals surface area contributed by atoms with Crippen LogP contribution in [0.4, 0.5) is 10.1 Å². The third kappa shape index (κ3) is 6.93. The summed E-state index contributed by atoms with van der Waals surface area (Å²) in [4.78, 5) is 7.12. The second kappa shape index (κ2) is 10.8. The smallest absolute Gasteiger partial charge is 0.191 e. The number of anilines is 1. The summed E-state index contributed by atoms with van der Waals surface area (Å²) in [5, 5.41) is 18.8. The topological polar surface area (TPSA) is 59.9 Å². The number of hydrogen-bond acceptors (Lipinski definition) is 4. The van der Waals surface area contributed by atoms with Gasteiger partial charge in [-0.25, -0.2) is 9.38 Å². The Morgan fingerprint density at radius 1 is 1.30 bits per heavy atom. The minimum absolute atomic E-state index is 0. The summed E-state index contributed by atoms with van der Waals surface area (Å²) in [6.45, 7) is 5.11. The molecule has 0 aliphatic carbocycles. The van der Waals surface area contributed by atoms with Crippen LogP contribution in [0.25, 0.3) is 0 Å². The number of nitrogens with zero attached hydrogens (tertiary/aromatic N) is 2. The van der Waals surface area contributed by atoms with Crippen molar-refractivity contribution in [1.29, 1.82) is 0 Å². The van der Waals surface area contributed by atoms with Crippen molar-refractivity contribution < 1.29 is 9.50 Å². The number of thiophene rings is 1. The zero-order valence-electron chi connectivity index (χ0n) is 16.1. The van der Waals surface area contributed by atoms with Crippen molar-refractivity contribution in [2.45, 2.75) is 26.0 Å². The van der Waals surface area contributed by atoms with E-state index in [4.69, 9.17) is 0 Å². The van der Waals surface area contributed by atoms with E-state index >= 15 is 0 Å². The maximum absolute atomic E-state index is 14.1. The van der Waals surface area contributed by atoms with Crippen LogP contribution >= 0.6 is 35.3 Å². The van der Waals surface area contributed by atoms with Gasteiger partial charge >= 0.3 is 0 Å². The standard InChI is InChI=1S/C19H27FN4OS.HI/c1-5-21-18(23-13-19(2,25)17-7-6-10-26-17)22-12-14-8-9-16(24(3)4)15(20)11-14;/h6-11,25H,5,12-13H2,1-4H3,(H2,21,22,23);1H. The lowest BCUT2D eigenvalue weighted by Crippen LogP contribution is -2.44. The summed E-state index contributed by atoms with van der Waals surface area (Å²) in [7, 11) is 3.62. The van der Waals surface area contributed by atoms with Crippen molar-refractivity contribution >= 4 is 47.0 Å². The number of aliphatic hydroxyl groups is 1. The van der Waals surface area contributed by atoms with Crippen molar-refractivity contribution in [1.82, 2.24) is 10.6 Å². The fourth-order valence-electron chi connectivity index (χ4n) is 2.45. The molecule has 2 aromatic rings. The van der Waals surface area contributed by atoms with Crippen LogP contribution in [0.5, 0.6) is 0 Å². The van der Waals surface area contributed by atoms with Gasteiger partial charge in [0.25, 0.3) is 0 Å². The van der Waals surface area contributed by atoms with E-state index in [0.717, 1.165) is 10.4 Å². The van der Waals surface area contributed by atoms with E-state index in [0.29, 0.717) is 31.3 Å². The average Bonchev–Trinajstić information content (AvgIpc) is 3.12. The molecule has 1 unspecified atom stereocenters. The molecule has 0 fully saturated rings. The Kier molecular flexibility index (Phi) is 9.48. The molecule has 0 aliphatic rings. The van der Waals surface area contributed by atoms with Crippen LogP contribution in [0.2, 0.25) is 0 Å². The summed E-state index contributed by atoms with van der Waals surface area (Å²) >= 11 is 1.51. The normalized spacial score (nSPS) is 13.5. The molecule has 1 atom stereocenters. The highest BCUT2D eigenvalue weighted by Gasteiger charge is 2.24. The van der Waals surface area contributed by atoms with Crippen LogP contribution in [0.15, 0.2) is 40.7 Å². The Hall–Kier alpha value is -1.39. The van der Waals surface area contributed by atoms with Crippen molar-refractivity contribution in [2.75, 3.05) is 32.1 Å². The molecule has 0 saturated carbocycles. The highest BCUT2D eigenvalue weighted by molar-refractivity contribution is 14.0. The predicted molar refractivity (Wildman–Crippen MR) is 123 cm³/mol. The SMILES string of the molecule is CCNC(=NCc1ccc(N(C)C)c(F)c1)NCC(C)(O)c1cccs1.I. The number of hydrogen-bond donors (Lipinski definition) is 3. The van der Waals surface area contributed by atoms with Crippen LogP contribution < -0.4 is 15.5 Å². The Bertz CT molecular complexity index is 735. The van der Waals surface area contributed by atoms with Gasteiger partial charge in [0, 0.05) is 25.5 Å². The van der Waals surface area contributed by atoms with Crippen LogP contribution in [0, 0.1) is 5.82 Å². The highest BCUT2D eigenvalue weighted by atomic mass is 127. The van der Waals surface area contributed by atoms with E-state index < -0.39 is 5.60 Å². The molecule has 0 saturated heterocycles. The summed E-state index contributed by atoms with van der Waals surface area (Å²) in [6.07, 6.45) is 0. The van der Waals surface area contributed by atoms with Crippen LogP contribution in [0.1, 0.15) is 24.3 Å². The molecule has 0 spiro atoms. The zero-order valence-corrected chi connectivity index (χ0v) is 19.3. The first-order valence-electron chi connectivity index (χ1n) is 8.57. The summed E-state index contributed by atoms with van der Waals surface area (Å²) in [5.74, 6) is 0.322. The van der Waals surface area contributed by atoms with Gasteiger partial charge in [-0.05, 0) is 43.0 Å². The lowest BCUT2D eigenvalue weighted by molar-refractivity contribution is 0.0655. The molecular formula is C19H28FIN4OS. The maximum atomic E-state index is 14.1. The van der Waals surface area contributed by atoms with E-state index in [9.17, 15) is 9.50 Å². The Morgan fingerprint density at radius 3 is 2.59 bits per heavy atom. The van der Waals surface area contributed by atoms with Crippen molar-refractivity contribution in [3.8, 4) is 0 Å². The van der Waals surface area contributed by atoms with Crippen molar-refractivity contribution in [3.63, 3.8) is 0 Å². The third-order valence-corrected chi connectivity index (χ3v) is 5.03. The van der Waals surface area contributed by atoms with Crippen LogP contribution in [0.3, 0.4) is 0 Å². The molecule has 0 radical (unpaired) electrons. The van der Waals surface area contributed by atoms with Crippen LogP contribution in [-0.4, -0.2) is 38.3 Å². The van der Waals surface area contributed by atoms with E-state index in [1.54, 1.807) is 17.9 Å². The second-order valence-electron chi connectivity index (χ2n) is 6.48. The molecule has 8 heteroatoms. The van der Waals surface area contributed by atoms with Gasteiger partial charge in [0.2, 0.25) is 0 Å². The van der Waals surface area contributed by atoms with Gasteiger partial charge in [-0.15, -0.1) is 35.3 Å². The number of guanidine groups is 1. The fourth-order valence-corrected chi connectivity index (χ4v) is 3.24. The van der Waals surface area contributed by atoms with Gasteiger partial charge in [-0.3, -0.25) is 0 Å². The molecule has 1 aromatic carbocycles. The number of rotatable bonds is 7. The monoisotopic (exact) mass is 506 g/mol. The predicted octanol–water partition coefficient (Wildman–Crippen LogP) is 3.53. The van der Waals surface area contributed by atoms with Gasteiger partial charge in [0.05, 0.1) is 18.8 Å². The van der Waals surface area contributed by atoms with E-state index in [1.165, 1.54) is 17.4 Å². The maximum Gasteiger partial charge on any atom is 0.191 e. The highest BCUT2D eigenvalue weighted by Crippen LogP contribution is 2.24. The first-order valence-corrected chi connectivity index (χ1v) is 9.45. The molecule has 1 aromatic heterocycles. The van der Waals surface area contributed by atoms with Crippen LogP contribution in [-0.2, 0) is 12.1 Å². The summed E-state index contributed by atoms with van der Waals surface area (Å²) in [5.41, 5.74) is 0.356. The van der Waals surface area contributed by atoms with Crippen molar-refractivity contribution in [3.05, 3.63) is 52.0 Å². The molecule has 0 aliphatic heterocycles. The van der Waals surface area contributed by atoms with Gasteiger partial charge in [-0.1, -0.05) is 12.1 Å². The zero-order chi connectivity index (χ0) is 19.2. The number of aliphatic imine (C=N–C) groups is 1. The molecule has 3 N–H and O–H groups in total. The minimum Gasteiger partial charge on any atom is -0.383 e. The Labute approximate surface area is 181 Å². The molecule has 150 valence electrons. The molecule has 0 amide bonds. The molecule has 5 nitrogen and oxygen atoms in total. The van der Waals surface area contributed by atoms with Gasteiger partial charge in [-0.2, -0.15) is 0 Å². The first kappa shape index (κ1) is 23.6. The fraction of sp³-hybridized carbons (Fsp3) is 0.421. The molecule has 27 heavy (non-hydrogen) atoms. The molecule has 2 rings (SSSR count). The molecular weight excluding hydrogens is 478 g/mol. The largest absolute Gasteiger partial charge is 0.383 e. The van der Waals surface area contributed by atoms with E-state index in [-0.39, 0.29) is 29.8 Å². The van der Waals surface area contributed by atoms with E-state index in [1.807, 2.05) is 44.6 Å². The van der Waals surface area contributed by atoms with Gasteiger partial charge < -0.3 is 20.6 Å². The lowest BCUT2D eigenvalue weighted by Gasteiger charge is -2.23. The summed E-state index contributed by atoms with van der Waals surface area (Å²) in [6, 6.07) is 8.95. The molecule has 0 bridgehead atoms. The third-order valence-electron chi connectivity index (χ3n) is 3.91. The number of benzene rings is 1. The minimum atomic E-state index is -0.982. The average molecular weight is 506 g/mol. The lowest BCUT2D eigenvalue weighted by atomic mass is 10.1. The second-order valence-corrected chi connectivity index (χ2v) is 7.43. The Balaban J connectivity index is 0.00000364. The van der Waals surface area contributed by atoms with E-state index in [2.05, 4.69) is 15.6 Å². The van der Waals surface area contributed by atoms with Gasteiger partial charge in [0.1, 0.15) is 11.4 Å².